The first kappa shape index (κ1) is 12.6. The molecule has 0 radical (unpaired) electrons. The Morgan fingerprint density at radius 2 is 1.55 bits per heavy atom. The van der Waals surface area contributed by atoms with Gasteiger partial charge in [0.2, 0.25) is 0 Å². The van der Waals surface area contributed by atoms with Crippen molar-refractivity contribution in [2.45, 2.75) is 6.04 Å². The molecule has 96 valence electrons. The zero-order chi connectivity index (χ0) is 13.9. The molecule has 3 heteroatoms. The number of para-hydroxylation sites is 1. The minimum atomic E-state index is -0.347. The molecule has 0 aliphatic carbocycles. The molecule has 2 aromatic carbocycles. The minimum absolute atomic E-state index is 0.347. The predicted octanol–water partition coefficient (Wildman–Crippen LogP) is 3.81. The fourth-order valence-corrected chi connectivity index (χ4v) is 2.76. The quantitative estimate of drug-likeness (QED) is 0.780. The van der Waals surface area contributed by atoms with Crippen LogP contribution in [0.5, 0.6) is 0 Å². The fraction of sp³-hybridized carbons (Fsp3) is 0.0588. The molecule has 2 nitrogen and oxygen atoms in total. The maximum atomic E-state index is 9.38. The number of rotatable bonds is 2. The van der Waals surface area contributed by atoms with Crippen molar-refractivity contribution in [3.63, 3.8) is 0 Å². The molecule has 3 rings (SSSR count). The second-order valence-electron chi connectivity index (χ2n) is 4.53. The standard InChI is InChI=1S/C17H12N2S/c18-12-15-11-16(13-7-3-1-4-8-13)17(20)19(15)14-9-5-2-6-10-14/h1-11,15H. The van der Waals surface area contributed by atoms with Crippen LogP contribution in [0.2, 0.25) is 0 Å². The molecular weight excluding hydrogens is 264 g/mol. The number of benzene rings is 2. The highest BCUT2D eigenvalue weighted by Crippen LogP contribution is 2.31. The monoisotopic (exact) mass is 276 g/mol. The van der Waals surface area contributed by atoms with Crippen molar-refractivity contribution in [3.05, 3.63) is 72.3 Å². The third-order valence-electron chi connectivity index (χ3n) is 3.30. The van der Waals surface area contributed by atoms with Gasteiger partial charge in [0.05, 0.1) is 6.07 Å². The Morgan fingerprint density at radius 1 is 0.950 bits per heavy atom. The van der Waals surface area contributed by atoms with E-state index in [1.165, 1.54) is 0 Å². The van der Waals surface area contributed by atoms with Crippen LogP contribution in [0.4, 0.5) is 5.69 Å². The Bertz CT molecular complexity index is 699. The van der Waals surface area contributed by atoms with Crippen LogP contribution in [0.3, 0.4) is 0 Å². The predicted molar refractivity (Wildman–Crippen MR) is 85.3 cm³/mol. The first-order valence-electron chi connectivity index (χ1n) is 6.37. The summed E-state index contributed by atoms with van der Waals surface area (Å²) in [6.45, 7) is 0. The number of hydrogen-bond donors (Lipinski definition) is 0. The molecule has 1 atom stereocenters. The highest BCUT2D eigenvalue weighted by molar-refractivity contribution is 7.81. The molecule has 2 aromatic rings. The summed E-state index contributed by atoms with van der Waals surface area (Å²) in [5.41, 5.74) is 2.96. The Labute approximate surface area is 123 Å². The van der Waals surface area contributed by atoms with Gasteiger partial charge in [-0.2, -0.15) is 5.26 Å². The lowest BCUT2D eigenvalue weighted by Gasteiger charge is -2.22. The lowest BCUT2D eigenvalue weighted by atomic mass is 10.1. The van der Waals surface area contributed by atoms with Crippen molar-refractivity contribution in [1.29, 1.82) is 5.26 Å². The number of nitrogens with zero attached hydrogens (tertiary/aromatic N) is 2. The van der Waals surface area contributed by atoms with Crippen molar-refractivity contribution in [2.75, 3.05) is 4.90 Å². The minimum Gasteiger partial charge on any atom is -0.312 e. The van der Waals surface area contributed by atoms with Crippen LogP contribution in [0.15, 0.2) is 66.7 Å². The van der Waals surface area contributed by atoms with E-state index in [-0.39, 0.29) is 6.04 Å². The van der Waals surface area contributed by atoms with Crippen LogP contribution in [0, 0.1) is 11.3 Å². The van der Waals surface area contributed by atoms with E-state index in [2.05, 4.69) is 6.07 Å². The van der Waals surface area contributed by atoms with Crippen LogP contribution < -0.4 is 4.90 Å². The summed E-state index contributed by atoms with van der Waals surface area (Å²) >= 11 is 5.58. The van der Waals surface area contributed by atoms with Crippen LogP contribution in [0.25, 0.3) is 5.57 Å². The van der Waals surface area contributed by atoms with Crippen molar-refractivity contribution in [1.82, 2.24) is 0 Å². The Kier molecular flexibility index (Phi) is 3.32. The molecule has 0 fully saturated rings. The average Bonchev–Trinajstić information content (AvgIpc) is 2.86. The highest BCUT2D eigenvalue weighted by Gasteiger charge is 2.30. The molecule has 0 spiro atoms. The normalized spacial score (nSPS) is 17.8. The second kappa shape index (κ2) is 5.28. The maximum Gasteiger partial charge on any atom is 0.141 e. The topological polar surface area (TPSA) is 27.0 Å². The van der Waals surface area contributed by atoms with Crippen molar-refractivity contribution < 1.29 is 0 Å². The summed E-state index contributed by atoms with van der Waals surface area (Å²) in [6, 6.07) is 21.7. The molecule has 1 heterocycles. The molecule has 0 amide bonds. The number of anilines is 1. The van der Waals surface area contributed by atoms with Gasteiger partial charge in [0.25, 0.3) is 0 Å². The van der Waals surface area contributed by atoms with Gasteiger partial charge in [0, 0.05) is 11.3 Å². The van der Waals surface area contributed by atoms with Crippen molar-refractivity contribution >= 4 is 28.5 Å². The van der Waals surface area contributed by atoms with E-state index in [0.29, 0.717) is 4.99 Å². The zero-order valence-corrected chi connectivity index (χ0v) is 11.5. The molecule has 1 unspecified atom stereocenters. The van der Waals surface area contributed by atoms with Crippen molar-refractivity contribution in [2.24, 2.45) is 0 Å². The fourth-order valence-electron chi connectivity index (χ4n) is 2.36. The van der Waals surface area contributed by atoms with E-state index in [4.69, 9.17) is 12.2 Å². The second-order valence-corrected chi connectivity index (χ2v) is 4.92. The molecule has 0 saturated heterocycles. The molecule has 20 heavy (non-hydrogen) atoms. The summed E-state index contributed by atoms with van der Waals surface area (Å²) in [6.07, 6.45) is 1.94. The van der Waals surface area contributed by atoms with Gasteiger partial charge in [-0.15, -0.1) is 0 Å². The maximum absolute atomic E-state index is 9.38. The first-order chi connectivity index (χ1) is 9.81. The molecule has 0 N–H and O–H groups in total. The van der Waals surface area contributed by atoms with E-state index in [1.807, 2.05) is 71.6 Å². The van der Waals surface area contributed by atoms with Crippen LogP contribution in [0.1, 0.15) is 5.56 Å². The summed E-state index contributed by atoms with van der Waals surface area (Å²) in [5, 5.41) is 9.38. The van der Waals surface area contributed by atoms with Crippen LogP contribution >= 0.6 is 12.2 Å². The van der Waals surface area contributed by atoms with Gasteiger partial charge in [-0.1, -0.05) is 60.7 Å². The van der Waals surface area contributed by atoms with Gasteiger partial charge in [-0.3, -0.25) is 0 Å². The van der Waals surface area contributed by atoms with Gasteiger partial charge in [-0.25, -0.2) is 0 Å². The van der Waals surface area contributed by atoms with E-state index in [1.54, 1.807) is 0 Å². The summed E-state index contributed by atoms with van der Waals surface area (Å²) in [5.74, 6) is 0. The lowest BCUT2D eigenvalue weighted by molar-refractivity contribution is 1.02. The Morgan fingerprint density at radius 3 is 2.15 bits per heavy atom. The average molecular weight is 276 g/mol. The zero-order valence-electron chi connectivity index (χ0n) is 10.7. The third kappa shape index (κ3) is 2.11. The smallest absolute Gasteiger partial charge is 0.141 e. The van der Waals surface area contributed by atoms with Gasteiger partial charge >= 0.3 is 0 Å². The molecule has 0 saturated carbocycles. The van der Waals surface area contributed by atoms with Crippen molar-refractivity contribution in [3.8, 4) is 6.07 Å². The number of hydrogen-bond acceptors (Lipinski definition) is 2. The van der Waals surface area contributed by atoms with Gasteiger partial charge < -0.3 is 4.90 Å². The molecular formula is C17H12N2S. The van der Waals surface area contributed by atoms with E-state index >= 15 is 0 Å². The van der Waals surface area contributed by atoms with Gasteiger partial charge in [0.15, 0.2) is 0 Å². The molecule has 0 aromatic heterocycles. The number of thiocarbonyl (C=S) groups is 1. The van der Waals surface area contributed by atoms with Crippen LogP contribution in [-0.2, 0) is 0 Å². The van der Waals surface area contributed by atoms with E-state index < -0.39 is 0 Å². The summed E-state index contributed by atoms with van der Waals surface area (Å²) in [7, 11) is 0. The number of nitriles is 1. The van der Waals surface area contributed by atoms with Gasteiger partial charge in [0.1, 0.15) is 11.0 Å². The lowest BCUT2D eigenvalue weighted by Crippen LogP contribution is -2.32. The largest absolute Gasteiger partial charge is 0.312 e. The first-order valence-corrected chi connectivity index (χ1v) is 6.77. The molecule has 1 aliphatic rings. The summed E-state index contributed by atoms with van der Waals surface area (Å²) < 4.78 is 0. The highest BCUT2D eigenvalue weighted by atomic mass is 32.1. The molecule has 0 bridgehead atoms. The van der Waals surface area contributed by atoms with Gasteiger partial charge in [-0.05, 0) is 23.8 Å². The Hall–Kier alpha value is -2.44. The Balaban J connectivity index is 2.02. The molecule has 1 aliphatic heterocycles. The van der Waals surface area contributed by atoms with E-state index in [9.17, 15) is 5.26 Å². The SMILES string of the molecule is N#CC1C=C(c2ccccc2)C(=S)N1c1ccccc1. The third-order valence-corrected chi connectivity index (χ3v) is 3.72. The van der Waals surface area contributed by atoms with Crippen LogP contribution in [-0.4, -0.2) is 11.0 Å². The summed E-state index contributed by atoms with van der Waals surface area (Å²) in [4.78, 5) is 2.60. The van der Waals surface area contributed by atoms with E-state index in [0.717, 1.165) is 16.8 Å².